The number of halogens is 3. The summed E-state index contributed by atoms with van der Waals surface area (Å²) >= 11 is 0. The molecule has 1 aromatic rings. The summed E-state index contributed by atoms with van der Waals surface area (Å²) in [6.45, 7) is 1.77. The summed E-state index contributed by atoms with van der Waals surface area (Å²) in [6, 6.07) is 4.21. The summed E-state index contributed by atoms with van der Waals surface area (Å²) in [5.74, 6) is -1.63. The summed E-state index contributed by atoms with van der Waals surface area (Å²) in [7, 11) is 0. The molecular formula is C19H22F3NO5. The molecule has 1 amide bonds. The molecule has 6 nitrogen and oxygen atoms in total. The fourth-order valence-corrected chi connectivity index (χ4v) is 3.52. The normalized spacial score (nSPS) is 19.9. The smallest absolute Gasteiger partial charge is 0.416 e. The van der Waals surface area contributed by atoms with Gasteiger partial charge in [-0.1, -0.05) is 18.2 Å². The zero-order chi connectivity index (χ0) is 20.9. The first-order valence-corrected chi connectivity index (χ1v) is 8.96. The number of hydrogen-bond donors (Lipinski definition) is 1. The molecule has 1 saturated heterocycles. The first-order valence-electron chi connectivity index (χ1n) is 8.96. The number of carboxylic acid groups (broad SMARTS) is 1. The van der Waals surface area contributed by atoms with Crippen LogP contribution in [-0.2, 0) is 26.9 Å². The van der Waals surface area contributed by atoms with E-state index in [1.54, 1.807) is 6.92 Å². The van der Waals surface area contributed by atoms with E-state index in [0.717, 1.165) is 11.0 Å². The van der Waals surface area contributed by atoms with Gasteiger partial charge in [-0.15, -0.1) is 0 Å². The third-order valence-corrected chi connectivity index (χ3v) is 4.82. The number of amides is 1. The van der Waals surface area contributed by atoms with E-state index < -0.39 is 42.2 Å². The van der Waals surface area contributed by atoms with E-state index in [2.05, 4.69) is 0 Å². The number of esters is 1. The Morgan fingerprint density at radius 1 is 1.25 bits per heavy atom. The molecule has 1 fully saturated rings. The van der Waals surface area contributed by atoms with Crippen LogP contribution >= 0.6 is 0 Å². The number of alkyl halides is 3. The molecule has 2 rings (SSSR count). The van der Waals surface area contributed by atoms with E-state index in [4.69, 9.17) is 4.74 Å². The Bertz CT molecular complexity index is 735. The van der Waals surface area contributed by atoms with E-state index in [0.29, 0.717) is 0 Å². The van der Waals surface area contributed by atoms with Crippen molar-refractivity contribution in [3.05, 3.63) is 35.4 Å². The maximum atomic E-state index is 13.2. The van der Waals surface area contributed by atoms with Gasteiger partial charge in [0.05, 0.1) is 12.2 Å². The molecule has 0 aromatic heterocycles. The van der Waals surface area contributed by atoms with Crippen molar-refractivity contribution in [2.75, 3.05) is 13.2 Å². The third kappa shape index (κ3) is 5.46. The lowest BCUT2D eigenvalue weighted by atomic mass is 9.83. The number of rotatable bonds is 6. The lowest BCUT2D eigenvalue weighted by molar-refractivity contribution is -0.147. The molecule has 0 spiro atoms. The van der Waals surface area contributed by atoms with E-state index in [9.17, 15) is 32.7 Å². The molecule has 28 heavy (non-hydrogen) atoms. The number of hydrogen-bond acceptors (Lipinski definition) is 4. The highest BCUT2D eigenvalue weighted by molar-refractivity contribution is 5.96. The van der Waals surface area contributed by atoms with Crippen LogP contribution in [0.25, 0.3) is 0 Å². The first-order chi connectivity index (χ1) is 13.1. The second-order valence-electron chi connectivity index (χ2n) is 6.66. The Kier molecular flexibility index (Phi) is 7.04. The van der Waals surface area contributed by atoms with Crippen LogP contribution in [0.15, 0.2) is 24.3 Å². The minimum atomic E-state index is -4.56. The fourth-order valence-electron chi connectivity index (χ4n) is 3.52. The SMILES string of the molecule is CCOC(=O)CC(=O)[C@@H]1CCN(C(=O)O)[C@@H](Cc2ccccc2C(F)(F)F)C1. The van der Waals surface area contributed by atoms with Crippen molar-refractivity contribution < 1.29 is 37.4 Å². The van der Waals surface area contributed by atoms with E-state index in [1.807, 2.05) is 0 Å². The maximum absolute atomic E-state index is 13.2. The van der Waals surface area contributed by atoms with Crippen LogP contribution in [0.2, 0.25) is 0 Å². The predicted octanol–water partition coefficient (Wildman–Crippen LogP) is 3.53. The van der Waals surface area contributed by atoms with Gasteiger partial charge < -0.3 is 14.7 Å². The highest BCUT2D eigenvalue weighted by atomic mass is 19.4. The Morgan fingerprint density at radius 3 is 2.54 bits per heavy atom. The Morgan fingerprint density at radius 2 is 1.93 bits per heavy atom. The maximum Gasteiger partial charge on any atom is 0.416 e. The van der Waals surface area contributed by atoms with E-state index >= 15 is 0 Å². The van der Waals surface area contributed by atoms with E-state index in [1.165, 1.54) is 18.2 Å². The second kappa shape index (κ2) is 9.07. The molecule has 0 bridgehead atoms. The van der Waals surface area contributed by atoms with Gasteiger partial charge >= 0.3 is 18.2 Å². The third-order valence-electron chi connectivity index (χ3n) is 4.82. The summed E-state index contributed by atoms with van der Waals surface area (Å²) in [5, 5.41) is 9.40. The molecule has 2 atom stereocenters. The highest BCUT2D eigenvalue weighted by Crippen LogP contribution is 2.34. The van der Waals surface area contributed by atoms with Gasteiger partial charge in [-0.05, 0) is 37.8 Å². The minimum absolute atomic E-state index is 0.0212. The minimum Gasteiger partial charge on any atom is -0.466 e. The zero-order valence-corrected chi connectivity index (χ0v) is 15.4. The van der Waals surface area contributed by atoms with Gasteiger partial charge in [0.1, 0.15) is 12.2 Å². The Balaban J connectivity index is 2.19. The van der Waals surface area contributed by atoms with Crippen LogP contribution in [0, 0.1) is 5.92 Å². The molecule has 1 aliphatic heterocycles. The molecule has 1 aromatic carbocycles. The summed E-state index contributed by atoms with van der Waals surface area (Å²) in [4.78, 5) is 36.5. The molecule has 0 radical (unpaired) electrons. The topological polar surface area (TPSA) is 83.9 Å². The molecule has 0 aliphatic carbocycles. The molecule has 1 N–H and O–H groups in total. The van der Waals surface area contributed by atoms with Crippen molar-refractivity contribution in [2.45, 2.75) is 44.8 Å². The molecule has 154 valence electrons. The average Bonchev–Trinajstić information content (AvgIpc) is 2.61. The van der Waals surface area contributed by atoms with Gasteiger partial charge in [0.25, 0.3) is 0 Å². The number of Topliss-reactive ketones (excluding diaryl/α,β-unsaturated/α-hetero) is 1. The van der Waals surface area contributed by atoms with Crippen LogP contribution in [0.1, 0.15) is 37.3 Å². The second-order valence-corrected chi connectivity index (χ2v) is 6.66. The molecular weight excluding hydrogens is 379 g/mol. The van der Waals surface area contributed by atoms with Crippen LogP contribution in [-0.4, -0.2) is 47.0 Å². The number of likely N-dealkylation sites (tertiary alicyclic amines) is 1. The molecule has 9 heteroatoms. The zero-order valence-electron chi connectivity index (χ0n) is 15.4. The van der Waals surface area contributed by atoms with Crippen molar-refractivity contribution in [2.24, 2.45) is 5.92 Å². The predicted molar refractivity (Wildman–Crippen MR) is 92.6 cm³/mol. The summed E-state index contributed by atoms with van der Waals surface area (Å²) in [5.41, 5.74) is -0.843. The van der Waals surface area contributed by atoms with Crippen LogP contribution in [0.3, 0.4) is 0 Å². The van der Waals surface area contributed by atoms with Crippen molar-refractivity contribution in [1.82, 2.24) is 4.90 Å². The standard InChI is InChI=1S/C19H22F3NO5/c1-2-28-17(25)11-16(24)13-7-8-23(18(26)27)14(10-13)9-12-5-3-4-6-15(12)19(20,21)22/h3-6,13-14H,2,7-11H2,1H3,(H,26,27)/t13-,14+/m1/s1. The number of ketones is 1. The lowest BCUT2D eigenvalue weighted by Crippen LogP contribution is -2.48. The highest BCUT2D eigenvalue weighted by Gasteiger charge is 2.38. The van der Waals surface area contributed by atoms with Crippen molar-refractivity contribution in [3.63, 3.8) is 0 Å². The quantitative estimate of drug-likeness (QED) is 0.582. The van der Waals surface area contributed by atoms with Crippen LogP contribution in [0.4, 0.5) is 18.0 Å². The van der Waals surface area contributed by atoms with Gasteiger partial charge in [-0.25, -0.2) is 4.79 Å². The number of ether oxygens (including phenoxy) is 1. The summed E-state index contributed by atoms with van der Waals surface area (Å²) in [6.07, 6.45) is -6.09. The molecule has 0 saturated carbocycles. The molecule has 1 heterocycles. The molecule has 0 unspecified atom stereocenters. The van der Waals surface area contributed by atoms with Crippen molar-refractivity contribution in [3.8, 4) is 0 Å². The van der Waals surface area contributed by atoms with Gasteiger partial charge in [0.15, 0.2) is 0 Å². The Labute approximate surface area is 160 Å². The van der Waals surface area contributed by atoms with Crippen molar-refractivity contribution >= 4 is 17.8 Å². The van der Waals surface area contributed by atoms with Crippen molar-refractivity contribution in [1.29, 1.82) is 0 Å². The average molecular weight is 401 g/mol. The largest absolute Gasteiger partial charge is 0.466 e. The molecule has 1 aliphatic rings. The summed E-state index contributed by atoms with van der Waals surface area (Å²) < 4.78 is 44.5. The number of benzene rings is 1. The van der Waals surface area contributed by atoms with Gasteiger partial charge in [-0.3, -0.25) is 9.59 Å². The van der Waals surface area contributed by atoms with Gasteiger partial charge in [-0.2, -0.15) is 13.2 Å². The lowest BCUT2D eigenvalue weighted by Gasteiger charge is -2.37. The number of carbonyl (C=O) groups excluding carboxylic acids is 2. The van der Waals surface area contributed by atoms with E-state index in [-0.39, 0.29) is 43.8 Å². The number of piperidine rings is 1. The monoisotopic (exact) mass is 401 g/mol. The first kappa shape index (κ1) is 21.7. The van der Waals surface area contributed by atoms with Gasteiger partial charge in [0.2, 0.25) is 0 Å². The van der Waals surface area contributed by atoms with Gasteiger partial charge in [0, 0.05) is 18.5 Å². The fraction of sp³-hybridized carbons (Fsp3) is 0.526. The van der Waals surface area contributed by atoms with Crippen LogP contribution < -0.4 is 0 Å². The number of carbonyl (C=O) groups is 3. The number of nitrogens with zero attached hydrogens (tertiary/aromatic N) is 1. The van der Waals surface area contributed by atoms with Crippen LogP contribution in [0.5, 0.6) is 0 Å². The Hall–Kier alpha value is -2.58.